The van der Waals surface area contributed by atoms with Gasteiger partial charge in [0.2, 0.25) is 0 Å². The fourth-order valence-electron chi connectivity index (χ4n) is 1.85. The first-order valence-corrected chi connectivity index (χ1v) is 4.70. The summed E-state index contributed by atoms with van der Waals surface area (Å²) >= 11 is 0. The minimum absolute atomic E-state index is 0.305. The van der Waals surface area contributed by atoms with Crippen LogP contribution < -0.4 is 5.73 Å². The Morgan fingerprint density at radius 2 is 2.00 bits per heavy atom. The van der Waals surface area contributed by atoms with Crippen LogP contribution in [0.4, 0.5) is 4.79 Å². The fourth-order valence-corrected chi connectivity index (χ4v) is 1.85. The molecule has 0 aliphatic heterocycles. The summed E-state index contributed by atoms with van der Waals surface area (Å²) in [5, 5.41) is 0. The van der Waals surface area contributed by atoms with Crippen molar-refractivity contribution >= 4 is 6.03 Å². The SMILES string of the molecule is CN(CC1CCCCC1)C(N)=O. The molecule has 0 bridgehead atoms. The van der Waals surface area contributed by atoms with Gasteiger partial charge in [-0.15, -0.1) is 0 Å². The molecule has 0 spiro atoms. The van der Waals surface area contributed by atoms with Gasteiger partial charge in [-0.05, 0) is 18.8 Å². The number of hydrogen-bond acceptors (Lipinski definition) is 1. The average Bonchev–Trinajstić information content (AvgIpc) is 2.06. The standard InChI is InChI=1S/C9H18N2O/c1-11(9(10)12)7-8-5-3-2-4-6-8/h8H,2-7H2,1H3,(H2,10,12). The minimum atomic E-state index is -0.305. The van der Waals surface area contributed by atoms with E-state index in [1.54, 1.807) is 11.9 Å². The molecule has 70 valence electrons. The van der Waals surface area contributed by atoms with Gasteiger partial charge in [-0.3, -0.25) is 0 Å². The van der Waals surface area contributed by atoms with E-state index in [9.17, 15) is 4.79 Å². The molecule has 0 aromatic rings. The lowest BCUT2D eigenvalue weighted by atomic mass is 9.89. The Morgan fingerprint density at radius 1 is 1.42 bits per heavy atom. The van der Waals surface area contributed by atoms with Crippen LogP contribution >= 0.6 is 0 Å². The number of nitrogens with zero attached hydrogens (tertiary/aromatic N) is 1. The van der Waals surface area contributed by atoms with Crippen LogP contribution in [0.25, 0.3) is 0 Å². The van der Waals surface area contributed by atoms with E-state index in [4.69, 9.17) is 5.73 Å². The second-order valence-corrected chi connectivity index (χ2v) is 3.72. The Bertz CT molecular complexity index is 153. The van der Waals surface area contributed by atoms with Gasteiger partial charge in [0, 0.05) is 13.6 Å². The van der Waals surface area contributed by atoms with Crippen LogP contribution in [0.1, 0.15) is 32.1 Å². The van der Waals surface area contributed by atoms with Crippen molar-refractivity contribution in [2.24, 2.45) is 11.7 Å². The molecule has 0 heterocycles. The van der Waals surface area contributed by atoms with Crippen LogP contribution in [0.5, 0.6) is 0 Å². The van der Waals surface area contributed by atoms with Gasteiger partial charge >= 0.3 is 6.03 Å². The van der Waals surface area contributed by atoms with E-state index in [0.717, 1.165) is 6.54 Å². The van der Waals surface area contributed by atoms with E-state index < -0.39 is 0 Å². The van der Waals surface area contributed by atoms with Crippen molar-refractivity contribution in [1.29, 1.82) is 0 Å². The minimum Gasteiger partial charge on any atom is -0.351 e. The molecule has 0 aromatic heterocycles. The van der Waals surface area contributed by atoms with Crippen LogP contribution in [0.2, 0.25) is 0 Å². The zero-order chi connectivity index (χ0) is 8.97. The number of primary amides is 1. The molecule has 0 unspecified atom stereocenters. The lowest BCUT2D eigenvalue weighted by Gasteiger charge is -2.25. The third-order valence-electron chi connectivity index (χ3n) is 2.63. The second kappa shape index (κ2) is 4.33. The predicted octanol–water partition coefficient (Wildman–Crippen LogP) is 1.58. The van der Waals surface area contributed by atoms with Gasteiger partial charge in [0.25, 0.3) is 0 Å². The van der Waals surface area contributed by atoms with Crippen molar-refractivity contribution in [1.82, 2.24) is 4.90 Å². The summed E-state index contributed by atoms with van der Waals surface area (Å²) in [6, 6.07) is -0.305. The largest absolute Gasteiger partial charge is 0.351 e. The molecule has 1 saturated carbocycles. The normalized spacial score (nSPS) is 19.1. The topological polar surface area (TPSA) is 46.3 Å². The average molecular weight is 170 g/mol. The van der Waals surface area contributed by atoms with Gasteiger partial charge in [-0.1, -0.05) is 19.3 Å². The zero-order valence-corrected chi connectivity index (χ0v) is 7.75. The summed E-state index contributed by atoms with van der Waals surface area (Å²) in [6.07, 6.45) is 6.51. The molecule has 3 nitrogen and oxygen atoms in total. The van der Waals surface area contributed by atoms with Crippen molar-refractivity contribution in [3.63, 3.8) is 0 Å². The fraction of sp³-hybridized carbons (Fsp3) is 0.889. The van der Waals surface area contributed by atoms with E-state index >= 15 is 0 Å². The summed E-state index contributed by atoms with van der Waals surface area (Å²) in [4.78, 5) is 12.3. The molecule has 0 radical (unpaired) electrons. The van der Waals surface area contributed by atoms with Gasteiger partial charge in [0.1, 0.15) is 0 Å². The maximum Gasteiger partial charge on any atom is 0.314 e. The van der Waals surface area contributed by atoms with Crippen molar-refractivity contribution in [3.8, 4) is 0 Å². The molecular formula is C9H18N2O. The monoisotopic (exact) mass is 170 g/mol. The number of amides is 2. The lowest BCUT2D eigenvalue weighted by molar-refractivity contribution is 0.201. The molecule has 1 fully saturated rings. The highest BCUT2D eigenvalue weighted by atomic mass is 16.2. The Kier molecular flexibility index (Phi) is 3.38. The third-order valence-corrected chi connectivity index (χ3v) is 2.63. The van der Waals surface area contributed by atoms with Crippen molar-refractivity contribution < 1.29 is 4.79 Å². The number of carbonyl (C=O) groups excluding carboxylic acids is 1. The number of nitrogens with two attached hydrogens (primary N) is 1. The van der Waals surface area contributed by atoms with Crippen LogP contribution in [-0.4, -0.2) is 24.5 Å². The summed E-state index contributed by atoms with van der Waals surface area (Å²) < 4.78 is 0. The first kappa shape index (κ1) is 9.36. The molecule has 0 aromatic carbocycles. The van der Waals surface area contributed by atoms with Crippen molar-refractivity contribution in [2.45, 2.75) is 32.1 Å². The van der Waals surface area contributed by atoms with E-state index in [1.807, 2.05) is 0 Å². The van der Waals surface area contributed by atoms with E-state index in [2.05, 4.69) is 0 Å². The van der Waals surface area contributed by atoms with Gasteiger partial charge < -0.3 is 10.6 Å². The molecule has 0 saturated heterocycles. The maximum atomic E-state index is 10.7. The summed E-state index contributed by atoms with van der Waals surface area (Å²) in [6.45, 7) is 0.843. The second-order valence-electron chi connectivity index (χ2n) is 3.72. The van der Waals surface area contributed by atoms with Crippen LogP contribution in [0, 0.1) is 5.92 Å². The highest BCUT2D eigenvalue weighted by Gasteiger charge is 2.16. The Balaban J connectivity index is 2.24. The smallest absolute Gasteiger partial charge is 0.314 e. The van der Waals surface area contributed by atoms with E-state index in [0.29, 0.717) is 5.92 Å². The quantitative estimate of drug-likeness (QED) is 0.672. The first-order valence-electron chi connectivity index (χ1n) is 4.70. The van der Waals surface area contributed by atoms with Gasteiger partial charge in [0.15, 0.2) is 0 Å². The molecule has 2 amide bonds. The van der Waals surface area contributed by atoms with Gasteiger partial charge in [0.05, 0.1) is 0 Å². The summed E-state index contributed by atoms with van der Waals surface area (Å²) in [5.74, 6) is 0.691. The summed E-state index contributed by atoms with van der Waals surface area (Å²) in [5.41, 5.74) is 5.14. The molecule has 3 heteroatoms. The highest BCUT2D eigenvalue weighted by molar-refractivity contribution is 5.71. The Hall–Kier alpha value is -0.730. The van der Waals surface area contributed by atoms with E-state index in [-0.39, 0.29) is 6.03 Å². The highest BCUT2D eigenvalue weighted by Crippen LogP contribution is 2.23. The molecule has 12 heavy (non-hydrogen) atoms. The summed E-state index contributed by atoms with van der Waals surface area (Å²) in [7, 11) is 1.77. The van der Waals surface area contributed by atoms with Crippen molar-refractivity contribution in [3.05, 3.63) is 0 Å². The van der Waals surface area contributed by atoms with Crippen molar-refractivity contribution in [2.75, 3.05) is 13.6 Å². The molecule has 2 N–H and O–H groups in total. The van der Waals surface area contributed by atoms with Crippen LogP contribution in [0.3, 0.4) is 0 Å². The van der Waals surface area contributed by atoms with Crippen LogP contribution in [-0.2, 0) is 0 Å². The maximum absolute atomic E-state index is 10.7. The van der Waals surface area contributed by atoms with Gasteiger partial charge in [-0.25, -0.2) is 4.79 Å². The van der Waals surface area contributed by atoms with Gasteiger partial charge in [-0.2, -0.15) is 0 Å². The predicted molar refractivity (Wildman–Crippen MR) is 48.8 cm³/mol. The van der Waals surface area contributed by atoms with E-state index in [1.165, 1.54) is 32.1 Å². The third kappa shape index (κ3) is 2.72. The first-order chi connectivity index (χ1) is 5.70. The number of urea groups is 1. The molecular weight excluding hydrogens is 152 g/mol. The number of hydrogen-bond donors (Lipinski definition) is 1. The zero-order valence-electron chi connectivity index (χ0n) is 7.75. The molecule has 1 aliphatic rings. The molecule has 1 rings (SSSR count). The Morgan fingerprint density at radius 3 is 2.50 bits per heavy atom. The number of rotatable bonds is 2. The number of carbonyl (C=O) groups is 1. The molecule has 1 aliphatic carbocycles. The molecule has 0 atom stereocenters. The van der Waals surface area contributed by atoms with Crippen LogP contribution in [0.15, 0.2) is 0 Å². The lowest BCUT2D eigenvalue weighted by Crippen LogP contribution is -2.36. The Labute approximate surface area is 73.9 Å².